The Hall–Kier alpha value is -3.22. The molecule has 1 spiro atoms. The van der Waals surface area contributed by atoms with Crippen molar-refractivity contribution in [3.63, 3.8) is 0 Å². The summed E-state index contributed by atoms with van der Waals surface area (Å²) < 4.78 is 5.42. The summed E-state index contributed by atoms with van der Waals surface area (Å²) in [6.45, 7) is 0.503. The number of amides is 2. The van der Waals surface area contributed by atoms with Gasteiger partial charge in [0.05, 0.1) is 18.2 Å². The van der Waals surface area contributed by atoms with Crippen molar-refractivity contribution in [2.75, 3.05) is 43.3 Å². The minimum atomic E-state index is -0.697. The molecule has 2 aromatic carbocycles. The van der Waals surface area contributed by atoms with Crippen LogP contribution in [-0.4, -0.2) is 45.6 Å². The summed E-state index contributed by atoms with van der Waals surface area (Å²) in [6, 6.07) is 12.8. The molecule has 2 unspecified atom stereocenters. The van der Waals surface area contributed by atoms with Gasteiger partial charge in [-0.05, 0) is 30.2 Å². The molecule has 146 valence electrons. The molecule has 1 fully saturated rings. The van der Waals surface area contributed by atoms with Gasteiger partial charge in [-0.1, -0.05) is 18.2 Å². The zero-order chi connectivity index (χ0) is 19.9. The van der Waals surface area contributed by atoms with Crippen LogP contribution in [0, 0.1) is 0 Å². The fourth-order valence-corrected chi connectivity index (χ4v) is 4.01. The Bertz CT molecular complexity index is 943. The van der Waals surface area contributed by atoms with Gasteiger partial charge >= 0.3 is 0 Å². The van der Waals surface area contributed by atoms with Crippen LogP contribution in [-0.2, 0) is 15.0 Å². The van der Waals surface area contributed by atoms with Gasteiger partial charge in [-0.3, -0.25) is 9.59 Å². The number of nitrogens with zero attached hydrogens (tertiary/aromatic N) is 1. The first kappa shape index (κ1) is 18.2. The molecule has 2 heterocycles. The highest BCUT2D eigenvalue weighted by molar-refractivity contribution is 6.04. The van der Waals surface area contributed by atoms with Gasteiger partial charge < -0.3 is 25.6 Å². The lowest BCUT2D eigenvalue weighted by molar-refractivity contribution is -0.125. The van der Waals surface area contributed by atoms with E-state index in [0.29, 0.717) is 24.4 Å². The second-order valence-corrected chi connectivity index (χ2v) is 7.48. The zero-order valence-electron chi connectivity index (χ0n) is 16.2. The maximum atomic E-state index is 12.9. The van der Waals surface area contributed by atoms with Crippen LogP contribution in [0.5, 0.6) is 5.75 Å². The molecule has 7 nitrogen and oxygen atoms in total. The number of fused-ring (bicyclic) bond motifs is 2. The molecule has 2 aromatic rings. The van der Waals surface area contributed by atoms with Crippen LogP contribution in [0.15, 0.2) is 42.5 Å². The van der Waals surface area contributed by atoms with Crippen LogP contribution in [0.4, 0.5) is 17.1 Å². The number of carbonyl (C=O) groups excluding carboxylic acids is 2. The van der Waals surface area contributed by atoms with Crippen molar-refractivity contribution < 1.29 is 14.3 Å². The summed E-state index contributed by atoms with van der Waals surface area (Å²) in [5, 5.41) is 9.07. The van der Waals surface area contributed by atoms with Gasteiger partial charge in [0, 0.05) is 38.1 Å². The third-order valence-corrected chi connectivity index (χ3v) is 5.59. The van der Waals surface area contributed by atoms with Crippen molar-refractivity contribution in [2.45, 2.75) is 17.9 Å². The van der Waals surface area contributed by atoms with Crippen molar-refractivity contribution in [1.29, 1.82) is 0 Å². The number of ether oxygens (including phenoxy) is 1. The Kier molecular flexibility index (Phi) is 4.37. The van der Waals surface area contributed by atoms with Crippen molar-refractivity contribution >= 4 is 28.9 Å². The zero-order valence-corrected chi connectivity index (χ0v) is 16.2. The molecule has 0 aromatic heterocycles. The van der Waals surface area contributed by atoms with E-state index < -0.39 is 11.5 Å². The van der Waals surface area contributed by atoms with E-state index in [1.54, 1.807) is 7.11 Å². The average molecular weight is 380 g/mol. The molecule has 0 bridgehead atoms. The topological polar surface area (TPSA) is 82.7 Å². The van der Waals surface area contributed by atoms with Crippen LogP contribution in [0.2, 0.25) is 0 Å². The quantitative estimate of drug-likeness (QED) is 0.755. The van der Waals surface area contributed by atoms with E-state index in [0.717, 1.165) is 16.9 Å². The number of carbonyl (C=O) groups is 2. The fraction of sp³-hybridized carbons (Fsp3) is 0.333. The average Bonchev–Trinajstić information content (AvgIpc) is 3.24. The minimum absolute atomic E-state index is 0.111. The molecule has 0 aliphatic carbocycles. The van der Waals surface area contributed by atoms with E-state index in [4.69, 9.17) is 4.74 Å². The van der Waals surface area contributed by atoms with Crippen molar-refractivity contribution in [2.24, 2.45) is 0 Å². The van der Waals surface area contributed by atoms with Crippen molar-refractivity contribution in [1.82, 2.24) is 5.32 Å². The minimum Gasteiger partial charge on any atom is -0.494 e. The number of methoxy groups -OCH3 is 1. The highest BCUT2D eigenvalue weighted by atomic mass is 16.5. The number of anilines is 3. The highest BCUT2D eigenvalue weighted by Crippen LogP contribution is 2.43. The number of para-hydroxylation sites is 1. The summed E-state index contributed by atoms with van der Waals surface area (Å²) >= 11 is 0. The second-order valence-electron chi connectivity index (χ2n) is 7.48. The smallest absolute Gasteiger partial charge is 0.247 e. The first-order valence-electron chi connectivity index (χ1n) is 9.25. The molecule has 2 amide bonds. The van der Waals surface area contributed by atoms with E-state index >= 15 is 0 Å². The normalized spacial score (nSPS) is 22.4. The molecule has 2 aliphatic heterocycles. The number of hydrogen-bond acceptors (Lipinski definition) is 5. The molecule has 0 saturated carbocycles. The Balaban J connectivity index is 1.54. The monoisotopic (exact) mass is 380 g/mol. The van der Waals surface area contributed by atoms with E-state index in [-0.39, 0.29) is 11.8 Å². The van der Waals surface area contributed by atoms with E-state index in [1.165, 1.54) is 0 Å². The van der Waals surface area contributed by atoms with Gasteiger partial charge in [-0.2, -0.15) is 0 Å². The molecule has 7 heteroatoms. The Morgan fingerprint density at radius 1 is 1.25 bits per heavy atom. The summed E-state index contributed by atoms with van der Waals surface area (Å²) in [5.74, 6) is 0.219. The van der Waals surface area contributed by atoms with Gasteiger partial charge in [-0.25, -0.2) is 0 Å². The number of benzene rings is 2. The molecule has 3 N–H and O–H groups in total. The standard InChI is InChI=1S/C21H24N4O3/c1-25(2)13-8-9-16(18(10-13)28-3)23-19(26)17-11-21(20(27)24-17)12-22-15-7-5-4-6-14(15)21/h4-10,17,22H,11-12H2,1-3H3,(H,23,26)(H,24,27). The highest BCUT2D eigenvalue weighted by Gasteiger charge is 2.53. The lowest BCUT2D eigenvalue weighted by atomic mass is 9.79. The van der Waals surface area contributed by atoms with Crippen LogP contribution in [0.1, 0.15) is 12.0 Å². The molecular formula is C21H24N4O3. The summed E-state index contributed by atoms with van der Waals surface area (Å²) in [6.07, 6.45) is 0.416. The number of hydrogen-bond donors (Lipinski definition) is 3. The summed E-state index contributed by atoms with van der Waals surface area (Å²) in [5.41, 5.74) is 2.77. The second kappa shape index (κ2) is 6.74. The van der Waals surface area contributed by atoms with Crippen molar-refractivity contribution in [3.05, 3.63) is 48.0 Å². The molecule has 2 atom stereocenters. The van der Waals surface area contributed by atoms with Crippen LogP contribution < -0.4 is 25.6 Å². The van der Waals surface area contributed by atoms with Crippen molar-refractivity contribution in [3.8, 4) is 5.75 Å². The number of rotatable bonds is 4. The fourth-order valence-electron chi connectivity index (χ4n) is 4.01. The molecule has 0 radical (unpaired) electrons. The summed E-state index contributed by atoms with van der Waals surface area (Å²) in [7, 11) is 5.44. The SMILES string of the molecule is COc1cc(N(C)C)ccc1NC(=O)C1CC2(CNc3ccccc32)C(=O)N1. The van der Waals surface area contributed by atoms with Crippen LogP contribution in [0.25, 0.3) is 0 Å². The maximum Gasteiger partial charge on any atom is 0.247 e. The predicted octanol–water partition coefficient (Wildman–Crippen LogP) is 1.95. The molecule has 1 saturated heterocycles. The Morgan fingerprint density at radius 3 is 2.79 bits per heavy atom. The largest absolute Gasteiger partial charge is 0.494 e. The molecule has 2 aliphatic rings. The molecule has 28 heavy (non-hydrogen) atoms. The number of nitrogens with one attached hydrogen (secondary N) is 3. The Morgan fingerprint density at radius 2 is 2.04 bits per heavy atom. The third kappa shape index (κ3) is 2.83. The first-order valence-corrected chi connectivity index (χ1v) is 9.25. The van der Waals surface area contributed by atoms with Gasteiger partial charge in [0.25, 0.3) is 0 Å². The van der Waals surface area contributed by atoms with Crippen LogP contribution >= 0.6 is 0 Å². The van der Waals surface area contributed by atoms with Gasteiger partial charge in [0.15, 0.2) is 0 Å². The van der Waals surface area contributed by atoms with E-state index in [2.05, 4.69) is 16.0 Å². The lowest BCUT2D eigenvalue weighted by Gasteiger charge is -2.20. The third-order valence-electron chi connectivity index (χ3n) is 5.59. The molecular weight excluding hydrogens is 356 g/mol. The van der Waals surface area contributed by atoms with E-state index in [1.807, 2.05) is 61.5 Å². The predicted molar refractivity (Wildman–Crippen MR) is 109 cm³/mol. The van der Waals surface area contributed by atoms with Crippen LogP contribution in [0.3, 0.4) is 0 Å². The summed E-state index contributed by atoms with van der Waals surface area (Å²) in [4.78, 5) is 27.7. The van der Waals surface area contributed by atoms with E-state index in [9.17, 15) is 9.59 Å². The van der Waals surface area contributed by atoms with Gasteiger partial charge in [-0.15, -0.1) is 0 Å². The lowest BCUT2D eigenvalue weighted by Crippen LogP contribution is -2.39. The molecule has 4 rings (SSSR count). The van der Waals surface area contributed by atoms with Gasteiger partial charge in [0.2, 0.25) is 11.8 Å². The van der Waals surface area contributed by atoms with Gasteiger partial charge in [0.1, 0.15) is 11.8 Å². The Labute approximate surface area is 164 Å². The first-order chi connectivity index (χ1) is 13.4. The maximum absolute atomic E-state index is 12.9.